The molecule has 0 unspecified atom stereocenters. The van der Waals surface area contributed by atoms with Crippen LogP contribution in [0.3, 0.4) is 0 Å². The van der Waals surface area contributed by atoms with Gasteiger partial charge < -0.3 is 15.7 Å². The van der Waals surface area contributed by atoms with E-state index in [4.69, 9.17) is 5.11 Å². The van der Waals surface area contributed by atoms with Crippen molar-refractivity contribution >= 4 is 34.3 Å². The van der Waals surface area contributed by atoms with E-state index < -0.39 is 5.97 Å². The van der Waals surface area contributed by atoms with Crippen molar-refractivity contribution in [2.45, 2.75) is 6.92 Å². The van der Waals surface area contributed by atoms with E-state index in [9.17, 15) is 4.79 Å². The summed E-state index contributed by atoms with van der Waals surface area (Å²) in [5.41, 5.74) is 2.72. The van der Waals surface area contributed by atoms with Crippen LogP contribution in [0.4, 0.5) is 17.5 Å². The number of carbonyl (C=O) groups is 1. The molecular weight excluding hydrogens is 292 g/mol. The normalized spacial score (nSPS) is 10.5. The molecule has 0 saturated heterocycles. The molecule has 0 amide bonds. The van der Waals surface area contributed by atoms with Gasteiger partial charge in [-0.1, -0.05) is 30.3 Å². The predicted octanol–water partition coefficient (Wildman–Crippen LogP) is 3.18. The standard InChI is InChI=1S/C17H16N4O2/c1-11-6-2-4-8-13(11)19-17-20-14-9-5-3-7-12(14)16(21-17)18-10-15(22)23/h2-9H,10H2,1H3,(H,22,23)(H2,18,19,20,21). The molecule has 6 nitrogen and oxygen atoms in total. The molecular formula is C17H16N4O2. The zero-order chi connectivity index (χ0) is 16.2. The summed E-state index contributed by atoms with van der Waals surface area (Å²) in [5, 5.41) is 15.7. The van der Waals surface area contributed by atoms with Crippen LogP contribution < -0.4 is 10.6 Å². The molecule has 0 radical (unpaired) electrons. The van der Waals surface area contributed by atoms with Crippen molar-refractivity contribution in [3.8, 4) is 0 Å². The van der Waals surface area contributed by atoms with E-state index in [-0.39, 0.29) is 6.54 Å². The summed E-state index contributed by atoms with van der Waals surface area (Å²) in [6.07, 6.45) is 0. The van der Waals surface area contributed by atoms with Gasteiger partial charge in [-0.15, -0.1) is 0 Å². The number of aryl methyl sites for hydroxylation is 1. The third-order valence-corrected chi connectivity index (χ3v) is 3.40. The number of anilines is 3. The van der Waals surface area contributed by atoms with Gasteiger partial charge in [0.25, 0.3) is 0 Å². The number of benzene rings is 2. The number of hydrogen-bond acceptors (Lipinski definition) is 5. The van der Waals surface area contributed by atoms with Crippen LogP contribution in [0, 0.1) is 6.92 Å². The Morgan fingerprint density at radius 3 is 2.61 bits per heavy atom. The molecule has 0 saturated carbocycles. The molecule has 3 N–H and O–H groups in total. The molecule has 0 fully saturated rings. The van der Waals surface area contributed by atoms with Gasteiger partial charge in [0, 0.05) is 11.1 Å². The fourth-order valence-electron chi connectivity index (χ4n) is 2.26. The number of carboxylic acid groups (broad SMARTS) is 1. The number of rotatable bonds is 5. The largest absolute Gasteiger partial charge is 0.480 e. The first-order valence-electron chi connectivity index (χ1n) is 7.18. The van der Waals surface area contributed by atoms with Crippen LogP contribution in [0.2, 0.25) is 0 Å². The van der Waals surface area contributed by atoms with Gasteiger partial charge in [0.1, 0.15) is 12.4 Å². The van der Waals surface area contributed by atoms with E-state index in [1.54, 1.807) is 0 Å². The van der Waals surface area contributed by atoms with Gasteiger partial charge in [0.2, 0.25) is 5.95 Å². The minimum Gasteiger partial charge on any atom is -0.480 e. The zero-order valence-corrected chi connectivity index (χ0v) is 12.6. The van der Waals surface area contributed by atoms with Gasteiger partial charge in [-0.05, 0) is 30.7 Å². The lowest BCUT2D eigenvalue weighted by atomic mass is 10.2. The minimum absolute atomic E-state index is 0.204. The number of nitrogens with zero attached hydrogens (tertiary/aromatic N) is 2. The van der Waals surface area contributed by atoms with Crippen LogP contribution in [0.15, 0.2) is 48.5 Å². The minimum atomic E-state index is -0.943. The lowest BCUT2D eigenvalue weighted by Gasteiger charge is -2.12. The van der Waals surface area contributed by atoms with Gasteiger partial charge in [-0.25, -0.2) is 4.98 Å². The van der Waals surface area contributed by atoms with Crippen molar-refractivity contribution in [2.24, 2.45) is 0 Å². The molecule has 1 aromatic heterocycles. The van der Waals surface area contributed by atoms with E-state index in [1.165, 1.54) is 0 Å². The molecule has 0 atom stereocenters. The molecule has 1 heterocycles. The first-order chi connectivity index (χ1) is 11.1. The maximum absolute atomic E-state index is 10.8. The Bertz CT molecular complexity index is 864. The Hall–Kier alpha value is -3.15. The van der Waals surface area contributed by atoms with Gasteiger partial charge in [-0.2, -0.15) is 4.98 Å². The molecule has 0 aliphatic carbocycles. The zero-order valence-electron chi connectivity index (χ0n) is 12.6. The van der Waals surface area contributed by atoms with Gasteiger partial charge in [-0.3, -0.25) is 4.79 Å². The number of carboxylic acids is 1. The van der Waals surface area contributed by atoms with E-state index >= 15 is 0 Å². The Morgan fingerprint density at radius 1 is 1.09 bits per heavy atom. The number of para-hydroxylation sites is 2. The topological polar surface area (TPSA) is 87.1 Å². The highest BCUT2D eigenvalue weighted by Crippen LogP contribution is 2.24. The summed E-state index contributed by atoms with van der Waals surface area (Å²) in [6, 6.07) is 15.3. The average molecular weight is 308 g/mol. The molecule has 6 heteroatoms. The maximum atomic E-state index is 10.8. The number of fused-ring (bicyclic) bond motifs is 1. The Balaban J connectivity index is 2.00. The molecule has 116 valence electrons. The average Bonchev–Trinajstić information content (AvgIpc) is 2.54. The van der Waals surface area contributed by atoms with Crippen molar-refractivity contribution in [3.63, 3.8) is 0 Å². The molecule has 0 bridgehead atoms. The molecule has 0 aliphatic heterocycles. The highest BCUT2D eigenvalue weighted by molar-refractivity contribution is 5.91. The second kappa shape index (κ2) is 6.31. The van der Waals surface area contributed by atoms with Crippen molar-refractivity contribution in [3.05, 3.63) is 54.1 Å². The van der Waals surface area contributed by atoms with Gasteiger partial charge >= 0.3 is 5.97 Å². The SMILES string of the molecule is Cc1ccccc1Nc1nc(NCC(=O)O)c2ccccc2n1. The van der Waals surface area contributed by atoms with Crippen LogP contribution in [-0.2, 0) is 4.79 Å². The molecule has 23 heavy (non-hydrogen) atoms. The van der Waals surface area contributed by atoms with Crippen LogP contribution in [0.5, 0.6) is 0 Å². The summed E-state index contributed by atoms with van der Waals surface area (Å²) in [6.45, 7) is 1.79. The van der Waals surface area contributed by atoms with Crippen molar-refractivity contribution in [1.29, 1.82) is 0 Å². The quantitative estimate of drug-likeness (QED) is 0.671. The van der Waals surface area contributed by atoms with E-state index in [0.29, 0.717) is 11.8 Å². The third kappa shape index (κ3) is 3.37. The fraction of sp³-hybridized carbons (Fsp3) is 0.118. The second-order valence-corrected chi connectivity index (χ2v) is 5.10. The molecule has 2 aromatic carbocycles. The van der Waals surface area contributed by atoms with Crippen LogP contribution in [0.25, 0.3) is 10.9 Å². The van der Waals surface area contributed by atoms with E-state index in [0.717, 1.165) is 22.2 Å². The number of hydrogen-bond donors (Lipinski definition) is 3. The molecule has 0 aliphatic rings. The molecule has 3 aromatic rings. The highest BCUT2D eigenvalue weighted by Gasteiger charge is 2.09. The van der Waals surface area contributed by atoms with Crippen molar-refractivity contribution in [2.75, 3.05) is 17.2 Å². The third-order valence-electron chi connectivity index (χ3n) is 3.40. The lowest BCUT2D eigenvalue weighted by Crippen LogP contribution is -2.14. The van der Waals surface area contributed by atoms with Gasteiger partial charge in [0.15, 0.2) is 0 Å². The number of nitrogens with one attached hydrogen (secondary N) is 2. The van der Waals surface area contributed by atoms with Gasteiger partial charge in [0.05, 0.1) is 5.52 Å². The summed E-state index contributed by atoms with van der Waals surface area (Å²) in [5.74, 6) is -0.0268. The number of aromatic nitrogens is 2. The summed E-state index contributed by atoms with van der Waals surface area (Å²) in [7, 11) is 0. The first kappa shape index (κ1) is 14.8. The monoisotopic (exact) mass is 308 g/mol. The van der Waals surface area contributed by atoms with Crippen LogP contribution in [-0.4, -0.2) is 27.6 Å². The highest BCUT2D eigenvalue weighted by atomic mass is 16.4. The lowest BCUT2D eigenvalue weighted by molar-refractivity contribution is -0.134. The maximum Gasteiger partial charge on any atom is 0.322 e. The smallest absolute Gasteiger partial charge is 0.322 e. The Kier molecular flexibility index (Phi) is 4.05. The summed E-state index contributed by atoms with van der Waals surface area (Å²) < 4.78 is 0. The van der Waals surface area contributed by atoms with E-state index in [2.05, 4.69) is 20.6 Å². The van der Waals surface area contributed by atoms with Crippen molar-refractivity contribution in [1.82, 2.24) is 9.97 Å². The molecule has 3 rings (SSSR count). The molecule has 0 spiro atoms. The second-order valence-electron chi connectivity index (χ2n) is 5.10. The fourth-order valence-corrected chi connectivity index (χ4v) is 2.26. The Morgan fingerprint density at radius 2 is 1.83 bits per heavy atom. The number of aliphatic carboxylic acids is 1. The predicted molar refractivity (Wildman–Crippen MR) is 90.1 cm³/mol. The van der Waals surface area contributed by atoms with E-state index in [1.807, 2.05) is 55.5 Å². The van der Waals surface area contributed by atoms with Crippen LogP contribution in [0.1, 0.15) is 5.56 Å². The van der Waals surface area contributed by atoms with Crippen molar-refractivity contribution < 1.29 is 9.90 Å². The van der Waals surface area contributed by atoms with Crippen LogP contribution >= 0.6 is 0 Å². The Labute approximate surface area is 133 Å². The summed E-state index contributed by atoms with van der Waals surface area (Å²) in [4.78, 5) is 19.7. The first-order valence-corrected chi connectivity index (χ1v) is 7.18. The summed E-state index contributed by atoms with van der Waals surface area (Å²) >= 11 is 0.